The minimum Gasteiger partial charge on any atom is -0.507 e. The minimum atomic E-state index is -0.221. The van der Waals surface area contributed by atoms with E-state index in [0.29, 0.717) is 38.7 Å². The average molecular weight is 604 g/mol. The van der Waals surface area contributed by atoms with Crippen molar-refractivity contribution in [3.8, 4) is 23.0 Å². The van der Waals surface area contributed by atoms with E-state index in [0.717, 1.165) is 60.8 Å². The second-order valence-electron chi connectivity index (χ2n) is 11.6. The molecule has 1 atom stereocenters. The zero-order valence-corrected chi connectivity index (χ0v) is 25.2. The number of benzene rings is 4. The number of fused-ring (bicyclic) bond motifs is 8. The summed E-state index contributed by atoms with van der Waals surface area (Å²) in [5.41, 5.74) is 7.24. The lowest BCUT2D eigenvalue weighted by Crippen LogP contribution is -2.19. The Morgan fingerprint density at radius 2 is 1.09 bits per heavy atom. The number of aromatic hydroxyl groups is 3. The number of hydrogen-bond acceptors (Lipinski definition) is 7. The maximum absolute atomic E-state index is 11.4. The molecule has 1 aliphatic carbocycles. The molecule has 7 rings (SSSR count). The Labute approximate surface area is 260 Å². The van der Waals surface area contributed by atoms with E-state index in [2.05, 4.69) is 24.2 Å². The van der Waals surface area contributed by atoms with Crippen LogP contribution in [0.15, 0.2) is 90.1 Å². The van der Waals surface area contributed by atoms with Crippen LogP contribution in [0.3, 0.4) is 0 Å². The van der Waals surface area contributed by atoms with Gasteiger partial charge in [-0.3, -0.25) is 0 Å². The first-order valence-electron chi connectivity index (χ1n) is 14.8. The zero-order chi connectivity index (χ0) is 30.2. The summed E-state index contributed by atoms with van der Waals surface area (Å²) in [6.07, 6.45) is 2.09. The molecule has 1 aromatic heterocycles. The number of rotatable bonds is 4. The van der Waals surface area contributed by atoms with Crippen molar-refractivity contribution in [1.82, 2.24) is 0 Å². The number of aryl methyl sites for hydroxylation is 1. The van der Waals surface area contributed by atoms with E-state index in [9.17, 15) is 15.3 Å². The van der Waals surface area contributed by atoms with Gasteiger partial charge in [0.05, 0.1) is 4.88 Å². The Morgan fingerprint density at radius 3 is 1.52 bits per heavy atom. The number of ether oxygens (including phenoxy) is 1. The highest BCUT2D eigenvalue weighted by Crippen LogP contribution is 2.38. The van der Waals surface area contributed by atoms with Crippen LogP contribution in [0, 0.1) is 6.92 Å². The summed E-state index contributed by atoms with van der Waals surface area (Å²) in [6.45, 7) is 2.39. The first-order chi connectivity index (χ1) is 21.4. The molecule has 5 aromatic rings. The van der Waals surface area contributed by atoms with Gasteiger partial charge in [-0.2, -0.15) is 0 Å². The van der Waals surface area contributed by atoms with Gasteiger partial charge < -0.3 is 24.9 Å². The molecule has 2 heterocycles. The van der Waals surface area contributed by atoms with Gasteiger partial charge in [0, 0.05) is 37.0 Å². The van der Waals surface area contributed by atoms with Gasteiger partial charge in [0.1, 0.15) is 35.3 Å². The molecule has 44 heavy (non-hydrogen) atoms. The fourth-order valence-electron chi connectivity index (χ4n) is 6.14. The number of oxime groups is 1. The molecule has 3 N–H and O–H groups in total. The monoisotopic (exact) mass is 603 g/mol. The van der Waals surface area contributed by atoms with Crippen LogP contribution in [0.5, 0.6) is 23.0 Å². The Hall–Kier alpha value is -4.75. The van der Waals surface area contributed by atoms with Gasteiger partial charge in [0.15, 0.2) is 6.10 Å². The molecule has 8 bridgehead atoms. The Kier molecular flexibility index (Phi) is 7.48. The van der Waals surface area contributed by atoms with E-state index in [1.165, 1.54) is 4.88 Å². The molecule has 0 fully saturated rings. The lowest BCUT2D eigenvalue weighted by atomic mass is 9.91. The SMILES string of the molecule is Cc1ccc(C2=NOC(COc3c4cccc3Cc3cccc(c3O)Cc3cccc(c3O)Cc3cccc(c3O)C4)C2)s1. The molecular formula is C37H33NO5S. The largest absolute Gasteiger partial charge is 0.507 e. The van der Waals surface area contributed by atoms with Crippen LogP contribution in [-0.4, -0.2) is 33.7 Å². The topological polar surface area (TPSA) is 91.5 Å². The van der Waals surface area contributed by atoms with Gasteiger partial charge >= 0.3 is 0 Å². The zero-order valence-electron chi connectivity index (χ0n) is 24.4. The van der Waals surface area contributed by atoms with Gasteiger partial charge in [-0.25, -0.2) is 0 Å². The van der Waals surface area contributed by atoms with Crippen molar-refractivity contribution in [3.63, 3.8) is 0 Å². The van der Waals surface area contributed by atoms with E-state index in [-0.39, 0.29) is 23.4 Å². The third-order valence-electron chi connectivity index (χ3n) is 8.48. The maximum Gasteiger partial charge on any atom is 0.167 e. The van der Waals surface area contributed by atoms with E-state index < -0.39 is 0 Å². The van der Waals surface area contributed by atoms with Gasteiger partial charge in [-0.1, -0.05) is 78.0 Å². The Bertz CT molecular complexity index is 1800. The lowest BCUT2D eigenvalue weighted by Gasteiger charge is -2.20. The van der Waals surface area contributed by atoms with Gasteiger partial charge in [0.2, 0.25) is 0 Å². The minimum absolute atomic E-state index is 0.186. The summed E-state index contributed by atoms with van der Waals surface area (Å²) >= 11 is 1.71. The maximum atomic E-state index is 11.4. The molecule has 7 heteroatoms. The molecular weight excluding hydrogens is 570 g/mol. The summed E-state index contributed by atoms with van der Waals surface area (Å²) in [7, 11) is 0. The van der Waals surface area contributed by atoms with E-state index in [1.54, 1.807) is 11.3 Å². The van der Waals surface area contributed by atoms with Crippen LogP contribution in [0.2, 0.25) is 0 Å². The molecule has 0 saturated carbocycles. The fourth-order valence-corrected chi connectivity index (χ4v) is 7.00. The molecule has 6 nitrogen and oxygen atoms in total. The van der Waals surface area contributed by atoms with Crippen LogP contribution in [-0.2, 0) is 30.5 Å². The van der Waals surface area contributed by atoms with Gasteiger partial charge in [-0.05, 0) is 63.6 Å². The highest BCUT2D eigenvalue weighted by Gasteiger charge is 2.25. The molecule has 0 radical (unpaired) electrons. The number of thiophene rings is 1. The quantitative estimate of drug-likeness (QED) is 0.195. The molecule has 2 aliphatic rings. The van der Waals surface area contributed by atoms with Crippen molar-refractivity contribution < 1.29 is 24.9 Å². The first-order valence-corrected chi connectivity index (χ1v) is 15.7. The molecule has 4 aromatic carbocycles. The standard InChI is InChI=1S/C37H33NO5S/c1-22-14-15-33(44-22)32-20-31(43-38-32)21-42-37-29-12-5-13-30(37)19-28-11-4-9-26(36(28)41)17-24-7-2-6-23(34(24)39)16-25-8-3-10-27(18-29)35(25)40/h2-15,31,39-41H,16-21H2,1H3. The van der Waals surface area contributed by atoms with Gasteiger partial charge in [-0.15, -0.1) is 11.3 Å². The average Bonchev–Trinajstić information content (AvgIpc) is 3.67. The molecule has 0 saturated heterocycles. The summed E-state index contributed by atoms with van der Waals surface area (Å²) in [4.78, 5) is 8.13. The predicted molar refractivity (Wildman–Crippen MR) is 173 cm³/mol. The summed E-state index contributed by atoms with van der Waals surface area (Å²) in [5, 5.41) is 38.3. The second kappa shape index (κ2) is 11.7. The summed E-state index contributed by atoms with van der Waals surface area (Å²) in [6, 6.07) is 27.4. The number of phenols is 3. The van der Waals surface area contributed by atoms with Crippen LogP contribution < -0.4 is 4.74 Å². The summed E-state index contributed by atoms with van der Waals surface area (Å²) < 4.78 is 6.57. The smallest absolute Gasteiger partial charge is 0.167 e. The summed E-state index contributed by atoms with van der Waals surface area (Å²) in [5.74, 6) is 1.34. The van der Waals surface area contributed by atoms with E-state index in [4.69, 9.17) is 9.57 Å². The van der Waals surface area contributed by atoms with E-state index >= 15 is 0 Å². The van der Waals surface area contributed by atoms with E-state index in [1.807, 2.05) is 72.8 Å². The molecule has 1 unspecified atom stereocenters. The van der Waals surface area contributed by atoms with Crippen LogP contribution in [0.25, 0.3) is 0 Å². The molecule has 0 spiro atoms. The van der Waals surface area contributed by atoms with Crippen LogP contribution in [0.1, 0.15) is 60.7 Å². The van der Waals surface area contributed by atoms with Crippen molar-refractivity contribution in [2.24, 2.45) is 5.16 Å². The molecule has 1 aliphatic heterocycles. The van der Waals surface area contributed by atoms with Crippen LogP contribution in [0.4, 0.5) is 0 Å². The normalized spacial score (nSPS) is 15.8. The second-order valence-corrected chi connectivity index (χ2v) is 12.9. The third kappa shape index (κ3) is 5.51. The van der Waals surface area contributed by atoms with Crippen molar-refractivity contribution in [1.29, 1.82) is 0 Å². The Balaban J connectivity index is 1.26. The number of phenolic OH excluding ortho intramolecular Hbond substituents is 3. The third-order valence-corrected chi connectivity index (χ3v) is 9.53. The highest BCUT2D eigenvalue weighted by molar-refractivity contribution is 7.14. The van der Waals surface area contributed by atoms with Crippen molar-refractivity contribution >= 4 is 17.0 Å². The number of nitrogens with zero attached hydrogens (tertiary/aromatic N) is 1. The van der Waals surface area contributed by atoms with Gasteiger partial charge in [0.25, 0.3) is 0 Å². The molecule has 222 valence electrons. The Morgan fingerprint density at radius 1 is 0.659 bits per heavy atom. The number of hydrogen-bond donors (Lipinski definition) is 3. The van der Waals surface area contributed by atoms with Crippen LogP contribution >= 0.6 is 11.3 Å². The van der Waals surface area contributed by atoms with Crippen molar-refractivity contribution in [2.75, 3.05) is 6.61 Å². The highest BCUT2D eigenvalue weighted by atomic mass is 32.1. The fraction of sp³-hybridized carbons (Fsp3) is 0.216. The predicted octanol–water partition coefficient (Wildman–Crippen LogP) is 7.42. The van der Waals surface area contributed by atoms with Crippen molar-refractivity contribution in [3.05, 3.63) is 139 Å². The number of para-hydroxylation sites is 4. The first kappa shape index (κ1) is 28.0. The molecule has 0 amide bonds. The lowest BCUT2D eigenvalue weighted by molar-refractivity contribution is 0.0466. The van der Waals surface area contributed by atoms with Crippen molar-refractivity contribution in [2.45, 2.75) is 45.1 Å².